The molecule has 1 N–H and O–H groups in total. The van der Waals surface area contributed by atoms with Crippen LogP contribution in [-0.2, 0) is 7.05 Å². The van der Waals surface area contributed by atoms with Crippen LogP contribution in [0.25, 0.3) is 11.3 Å². The van der Waals surface area contributed by atoms with E-state index in [0.29, 0.717) is 11.5 Å². The molecule has 4 heterocycles. The molecule has 0 aliphatic carbocycles. The molecule has 0 saturated carbocycles. The first-order valence-electron chi connectivity index (χ1n) is 9.87. The number of rotatable bonds is 6. The minimum absolute atomic E-state index is 0.0527. The topological polar surface area (TPSA) is 117 Å². The van der Waals surface area contributed by atoms with Crippen molar-refractivity contribution >= 4 is 11.7 Å². The van der Waals surface area contributed by atoms with E-state index < -0.39 is 11.5 Å². The lowest BCUT2D eigenvalue weighted by Crippen LogP contribution is -2.30. The molecule has 4 aromatic heterocycles. The van der Waals surface area contributed by atoms with E-state index >= 15 is 0 Å². The number of nitrogens with zero attached hydrogens (tertiary/aromatic N) is 6. The largest absolute Gasteiger partial charge is 0.456 e. The maximum atomic E-state index is 12.5. The highest BCUT2D eigenvalue weighted by Gasteiger charge is 2.15. The summed E-state index contributed by atoms with van der Waals surface area (Å²) >= 11 is 0. The summed E-state index contributed by atoms with van der Waals surface area (Å²) in [7, 11) is 1.84. The van der Waals surface area contributed by atoms with Crippen LogP contribution in [0.2, 0.25) is 0 Å². The van der Waals surface area contributed by atoms with Crippen molar-refractivity contribution in [1.29, 1.82) is 0 Å². The van der Waals surface area contributed by atoms with Crippen molar-refractivity contribution in [2.24, 2.45) is 7.05 Å². The molecule has 10 nitrogen and oxygen atoms in total. The van der Waals surface area contributed by atoms with Crippen molar-refractivity contribution in [3.63, 3.8) is 0 Å². The Labute approximate surface area is 183 Å². The lowest BCUT2D eigenvalue weighted by atomic mass is 10.2. The highest BCUT2D eigenvalue weighted by molar-refractivity contribution is 6.03. The van der Waals surface area contributed by atoms with Gasteiger partial charge >= 0.3 is 0 Å². The number of carbonyl (C=O) groups excluding carboxylic acids is 1. The third-order valence-electron chi connectivity index (χ3n) is 4.61. The van der Waals surface area contributed by atoms with E-state index in [2.05, 4.69) is 25.4 Å². The molecule has 0 aliphatic heterocycles. The molecular weight excluding hydrogens is 410 g/mol. The summed E-state index contributed by atoms with van der Waals surface area (Å²) in [5, 5.41) is 6.76. The Kier molecular flexibility index (Phi) is 5.75. The molecule has 162 valence electrons. The second-order valence-electron chi connectivity index (χ2n) is 7.33. The average molecular weight is 431 g/mol. The Bertz CT molecular complexity index is 1310. The molecule has 0 unspecified atom stereocenters. The number of hydrogen-bond acceptors (Lipinski definition) is 7. The van der Waals surface area contributed by atoms with Gasteiger partial charge in [-0.25, -0.2) is 9.97 Å². The summed E-state index contributed by atoms with van der Waals surface area (Å²) in [4.78, 5) is 37.5. The van der Waals surface area contributed by atoms with Crippen LogP contribution >= 0.6 is 0 Å². The van der Waals surface area contributed by atoms with Gasteiger partial charge in [0.1, 0.15) is 22.9 Å². The van der Waals surface area contributed by atoms with Gasteiger partial charge in [0.25, 0.3) is 11.5 Å². The van der Waals surface area contributed by atoms with E-state index in [9.17, 15) is 9.59 Å². The minimum Gasteiger partial charge on any atom is -0.456 e. The predicted octanol–water partition coefficient (Wildman–Crippen LogP) is 3.06. The van der Waals surface area contributed by atoms with Gasteiger partial charge in [0.05, 0.1) is 24.4 Å². The number of aryl methyl sites for hydroxylation is 1. The van der Waals surface area contributed by atoms with Gasteiger partial charge in [0, 0.05) is 43.3 Å². The quantitative estimate of drug-likeness (QED) is 0.499. The molecule has 1 amide bonds. The monoisotopic (exact) mass is 431 g/mol. The van der Waals surface area contributed by atoms with Crippen LogP contribution in [0.1, 0.15) is 30.2 Å². The number of pyridine rings is 2. The van der Waals surface area contributed by atoms with Crippen molar-refractivity contribution < 1.29 is 9.53 Å². The Morgan fingerprint density at radius 1 is 1.09 bits per heavy atom. The van der Waals surface area contributed by atoms with Crippen LogP contribution in [0.15, 0.2) is 66.4 Å². The summed E-state index contributed by atoms with van der Waals surface area (Å²) in [6.45, 7) is 3.68. The van der Waals surface area contributed by atoms with E-state index in [-0.39, 0.29) is 17.4 Å². The van der Waals surface area contributed by atoms with Gasteiger partial charge in [0.15, 0.2) is 0 Å². The Hall–Kier alpha value is -4.34. The summed E-state index contributed by atoms with van der Waals surface area (Å²) in [5.74, 6) is 0.776. The van der Waals surface area contributed by atoms with E-state index in [1.54, 1.807) is 41.3 Å². The summed E-state index contributed by atoms with van der Waals surface area (Å²) < 4.78 is 8.94. The van der Waals surface area contributed by atoms with Gasteiger partial charge in [-0.2, -0.15) is 5.10 Å². The smallest absolute Gasteiger partial charge is 0.266 e. The molecule has 0 fully saturated rings. The molecule has 4 aromatic rings. The number of hydrogen-bond donors (Lipinski definition) is 1. The second kappa shape index (κ2) is 8.80. The number of ether oxygens (including phenoxy) is 1. The zero-order valence-electron chi connectivity index (χ0n) is 17.8. The fourth-order valence-corrected chi connectivity index (χ4v) is 2.97. The van der Waals surface area contributed by atoms with Gasteiger partial charge in [-0.15, -0.1) is 0 Å². The number of aromatic nitrogens is 6. The Morgan fingerprint density at radius 3 is 2.62 bits per heavy atom. The van der Waals surface area contributed by atoms with Crippen LogP contribution < -0.4 is 15.6 Å². The van der Waals surface area contributed by atoms with E-state index in [0.717, 1.165) is 11.3 Å². The lowest BCUT2D eigenvalue weighted by Gasteiger charge is -2.11. The number of anilines is 1. The zero-order chi connectivity index (χ0) is 22.7. The summed E-state index contributed by atoms with van der Waals surface area (Å²) in [6, 6.07) is 6.69. The normalized spacial score (nSPS) is 10.9. The standard InChI is InChI=1S/C22H21N7O3/c1-14(2)29-13-23-11-18(22(29)31)21(30)27-20-5-4-17(10-25-20)32-16-6-7-24-19(8-16)15-9-26-28(3)12-15/h4-14H,1-3H3,(H,25,27,30). The van der Waals surface area contributed by atoms with Crippen LogP contribution in [0.4, 0.5) is 5.82 Å². The molecule has 0 radical (unpaired) electrons. The number of amides is 1. The SMILES string of the molecule is CC(C)n1cncc(C(=O)Nc2ccc(Oc3ccnc(-c4cnn(C)c4)c3)cn2)c1=O. The lowest BCUT2D eigenvalue weighted by molar-refractivity contribution is 0.102. The first-order chi connectivity index (χ1) is 15.4. The van der Waals surface area contributed by atoms with Gasteiger partial charge in [-0.3, -0.25) is 23.8 Å². The molecule has 0 spiro atoms. The highest BCUT2D eigenvalue weighted by atomic mass is 16.5. The van der Waals surface area contributed by atoms with Crippen LogP contribution in [0.3, 0.4) is 0 Å². The van der Waals surface area contributed by atoms with Crippen molar-refractivity contribution in [3.05, 3.63) is 77.5 Å². The second-order valence-corrected chi connectivity index (χ2v) is 7.33. The van der Waals surface area contributed by atoms with Gasteiger partial charge in [-0.05, 0) is 32.0 Å². The van der Waals surface area contributed by atoms with Crippen LogP contribution in [0, 0.1) is 0 Å². The molecular formula is C22H21N7O3. The van der Waals surface area contributed by atoms with Crippen molar-refractivity contribution in [2.75, 3.05) is 5.32 Å². The van der Waals surface area contributed by atoms with Crippen LogP contribution in [-0.4, -0.2) is 35.2 Å². The molecule has 0 atom stereocenters. The molecule has 0 aromatic carbocycles. The molecule has 0 saturated heterocycles. The molecule has 32 heavy (non-hydrogen) atoms. The maximum absolute atomic E-state index is 12.5. The van der Waals surface area contributed by atoms with Crippen molar-refractivity contribution in [3.8, 4) is 22.8 Å². The molecule has 0 aliphatic rings. The van der Waals surface area contributed by atoms with Crippen molar-refractivity contribution in [1.82, 2.24) is 29.3 Å². The minimum atomic E-state index is -0.575. The summed E-state index contributed by atoms with van der Waals surface area (Å²) in [6.07, 6.45) is 9.38. The van der Waals surface area contributed by atoms with Crippen molar-refractivity contribution in [2.45, 2.75) is 19.9 Å². The molecule has 10 heteroatoms. The average Bonchev–Trinajstić information content (AvgIpc) is 3.21. The maximum Gasteiger partial charge on any atom is 0.266 e. The van der Waals surface area contributed by atoms with E-state index in [1.807, 2.05) is 27.1 Å². The van der Waals surface area contributed by atoms with Gasteiger partial charge in [0.2, 0.25) is 0 Å². The predicted molar refractivity (Wildman–Crippen MR) is 118 cm³/mol. The first-order valence-corrected chi connectivity index (χ1v) is 9.87. The fourth-order valence-electron chi connectivity index (χ4n) is 2.97. The summed E-state index contributed by atoms with van der Waals surface area (Å²) in [5.41, 5.74) is 1.15. The fraction of sp³-hybridized carbons (Fsp3) is 0.182. The van der Waals surface area contributed by atoms with Gasteiger partial charge < -0.3 is 10.1 Å². The molecule has 0 bridgehead atoms. The molecule has 4 rings (SSSR count). The zero-order valence-corrected chi connectivity index (χ0v) is 17.8. The van der Waals surface area contributed by atoms with Crippen LogP contribution in [0.5, 0.6) is 11.5 Å². The van der Waals surface area contributed by atoms with Gasteiger partial charge in [-0.1, -0.05) is 0 Å². The Balaban J connectivity index is 1.46. The highest BCUT2D eigenvalue weighted by Crippen LogP contribution is 2.25. The number of carbonyl (C=O) groups is 1. The Morgan fingerprint density at radius 2 is 1.94 bits per heavy atom. The van der Waals surface area contributed by atoms with E-state index in [4.69, 9.17) is 4.74 Å². The first kappa shape index (κ1) is 20.9. The van der Waals surface area contributed by atoms with E-state index in [1.165, 1.54) is 23.3 Å². The number of nitrogens with one attached hydrogen (secondary N) is 1. The third-order valence-corrected chi connectivity index (χ3v) is 4.61. The third kappa shape index (κ3) is 4.53.